The summed E-state index contributed by atoms with van der Waals surface area (Å²) in [6.45, 7) is 0.445. The second-order valence-corrected chi connectivity index (χ2v) is 9.05. The van der Waals surface area contributed by atoms with Crippen LogP contribution in [0.3, 0.4) is 0 Å². The number of hydrogen-bond acceptors (Lipinski definition) is 5. The van der Waals surface area contributed by atoms with Crippen molar-refractivity contribution in [2.45, 2.75) is 18.6 Å². The van der Waals surface area contributed by atoms with Crippen LogP contribution in [-0.2, 0) is 25.3 Å². The molecular weight excluding hydrogens is 411 g/mol. The number of benzene rings is 2. The number of halogens is 1. The smallest absolute Gasteiger partial charge is 0.339 e. The van der Waals surface area contributed by atoms with Crippen molar-refractivity contribution in [1.82, 2.24) is 4.31 Å². The first-order valence-corrected chi connectivity index (χ1v) is 11.1. The number of anilines is 1. The Hall–Kier alpha value is -2.78. The molecular formula is C21H23FN2O5S. The van der Waals surface area contributed by atoms with Gasteiger partial charge in [0.05, 0.1) is 24.1 Å². The Balaban J connectivity index is 1.59. The first kappa shape index (κ1) is 21.9. The third-order valence-corrected chi connectivity index (χ3v) is 6.92. The lowest BCUT2D eigenvalue weighted by atomic mass is 9.97. The van der Waals surface area contributed by atoms with Crippen LogP contribution in [0, 0.1) is 11.7 Å². The van der Waals surface area contributed by atoms with Gasteiger partial charge in [0.2, 0.25) is 15.9 Å². The fourth-order valence-corrected chi connectivity index (χ4v) is 4.96. The van der Waals surface area contributed by atoms with Gasteiger partial charge in [-0.3, -0.25) is 4.79 Å². The van der Waals surface area contributed by atoms with Crippen molar-refractivity contribution in [3.8, 4) is 0 Å². The molecule has 0 aromatic heterocycles. The minimum absolute atomic E-state index is 0.212. The van der Waals surface area contributed by atoms with E-state index in [1.165, 1.54) is 35.7 Å². The first-order valence-electron chi connectivity index (χ1n) is 9.50. The summed E-state index contributed by atoms with van der Waals surface area (Å²) in [6, 6.07) is 11.9. The molecule has 9 heteroatoms. The summed E-state index contributed by atoms with van der Waals surface area (Å²) in [5, 5.41) is 2.75. The van der Waals surface area contributed by atoms with Crippen LogP contribution in [0.25, 0.3) is 0 Å². The molecule has 2 aromatic carbocycles. The summed E-state index contributed by atoms with van der Waals surface area (Å²) < 4.78 is 44.4. The highest BCUT2D eigenvalue weighted by molar-refractivity contribution is 7.88. The molecule has 7 nitrogen and oxygen atoms in total. The maximum absolute atomic E-state index is 13.0. The summed E-state index contributed by atoms with van der Waals surface area (Å²) in [4.78, 5) is 24.5. The Bertz CT molecular complexity index is 1020. The van der Waals surface area contributed by atoms with Gasteiger partial charge in [0.25, 0.3) is 0 Å². The molecule has 1 aliphatic rings. The molecule has 0 spiro atoms. The van der Waals surface area contributed by atoms with Crippen molar-refractivity contribution >= 4 is 27.6 Å². The minimum Gasteiger partial charge on any atom is -0.465 e. The van der Waals surface area contributed by atoms with Crippen molar-refractivity contribution in [3.63, 3.8) is 0 Å². The fourth-order valence-electron chi connectivity index (χ4n) is 3.39. The Morgan fingerprint density at radius 1 is 1.10 bits per heavy atom. The van der Waals surface area contributed by atoms with E-state index in [0.717, 1.165) is 0 Å². The lowest BCUT2D eigenvalue weighted by Gasteiger charge is -2.30. The molecule has 30 heavy (non-hydrogen) atoms. The number of nitrogens with zero attached hydrogens (tertiary/aromatic N) is 1. The highest BCUT2D eigenvalue weighted by Gasteiger charge is 2.31. The number of piperidine rings is 1. The monoisotopic (exact) mass is 434 g/mol. The van der Waals surface area contributed by atoms with Crippen LogP contribution in [0.2, 0.25) is 0 Å². The average molecular weight is 434 g/mol. The summed E-state index contributed by atoms with van der Waals surface area (Å²) in [5.41, 5.74) is 1.13. The standard InChI is InChI=1S/C21H23FN2O5S/c1-29-21(26)18-4-2-3-5-19(18)23-20(25)16-10-12-24(13-11-16)30(27,28)14-15-6-8-17(22)9-7-15/h2-9,16H,10-14H2,1H3,(H,23,25). The van der Waals surface area contributed by atoms with Crippen molar-refractivity contribution in [2.75, 3.05) is 25.5 Å². The van der Waals surface area contributed by atoms with Gasteiger partial charge in [-0.2, -0.15) is 0 Å². The summed E-state index contributed by atoms with van der Waals surface area (Å²) >= 11 is 0. The van der Waals surface area contributed by atoms with Gasteiger partial charge < -0.3 is 10.1 Å². The number of hydrogen-bond donors (Lipinski definition) is 1. The zero-order valence-electron chi connectivity index (χ0n) is 16.5. The zero-order chi connectivity index (χ0) is 21.7. The molecule has 0 atom stereocenters. The largest absolute Gasteiger partial charge is 0.465 e. The molecule has 0 unspecified atom stereocenters. The molecule has 2 aromatic rings. The van der Waals surface area contributed by atoms with Gasteiger partial charge >= 0.3 is 5.97 Å². The van der Waals surface area contributed by atoms with Crippen LogP contribution < -0.4 is 5.32 Å². The van der Waals surface area contributed by atoms with E-state index in [9.17, 15) is 22.4 Å². The van der Waals surface area contributed by atoms with E-state index in [4.69, 9.17) is 4.74 Å². The number of nitrogens with one attached hydrogen (secondary N) is 1. The highest BCUT2D eigenvalue weighted by Crippen LogP contribution is 2.24. The van der Waals surface area contributed by atoms with Gasteiger partial charge in [0.15, 0.2) is 0 Å². The predicted octanol–water partition coefficient (Wildman–Crippen LogP) is 2.79. The Morgan fingerprint density at radius 2 is 1.73 bits per heavy atom. The molecule has 0 bridgehead atoms. The number of esters is 1. The third kappa shape index (κ3) is 5.22. The van der Waals surface area contributed by atoms with Crippen LogP contribution in [-0.4, -0.2) is 44.8 Å². The minimum atomic E-state index is -3.56. The third-order valence-electron chi connectivity index (χ3n) is 5.07. The quantitative estimate of drug-likeness (QED) is 0.706. The van der Waals surface area contributed by atoms with E-state index in [2.05, 4.69) is 5.32 Å². The number of ether oxygens (including phenoxy) is 1. The van der Waals surface area contributed by atoms with Crippen LogP contribution in [0.15, 0.2) is 48.5 Å². The number of methoxy groups -OCH3 is 1. The number of carbonyl (C=O) groups is 2. The molecule has 1 amide bonds. The van der Waals surface area contributed by atoms with Gasteiger partial charge in [-0.05, 0) is 42.7 Å². The number of rotatable bonds is 6. The molecule has 0 saturated carbocycles. The van der Waals surface area contributed by atoms with Crippen molar-refractivity contribution < 1.29 is 27.1 Å². The van der Waals surface area contributed by atoms with Crippen molar-refractivity contribution in [3.05, 3.63) is 65.5 Å². The van der Waals surface area contributed by atoms with Crippen LogP contribution >= 0.6 is 0 Å². The van der Waals surface area contributed by atoms with E-state index in [1.54, 1.807) is 24.3 Å². The average Bonchev–Trinajstić information content (AvgIpc) is 2.75. The van der Waals surface area contributed by atoms with E-state index >= 15 is 0 Å². The Labute approximate surface area is 174 Å². The lowest BCUT2D eigenvalue weighted by Crippen LogP contribution is -2.42. The lowest BCUT2D eigenvalue weighted by molar-refractivity contribution is -0.120. The molecule has 1 N–H and O–H groups in total. The molecule has 0 aliphatic carbocycles. The zero-order valence-corrected chi connectivity index (χ0v) is 17.3. The van der Waals surface area contributed by atoms with Crippen LogP contribution in [0.4, 0.5) is 10.1 Å². The normalized spacial score (nSPS) is 15.5. The van der Waals surface area contributed by atoms with E-state index in [0.29, 0.717) is 24.1 Å². The Morgan fingerprint density at radius 3 is 2.37 bits per heavy atom. The summed E-state index contributed by atoms with van der Waals surface area (Å²) in [5.74, 6) is -1.81. The molecule has 3 rings (SSSR count). The molecule has 160 valence electrons. The SMILES string of the molecule is COC(=O)c1ccccc1NC(=O)C1CCN(S(=O)(=O)Cc2ccc(F)cc2)CC1. The maximum atomic E-state index is 13.0. The van der Waals surface area contributed by atoms with Crippen LogP contribution in [0.5, 0.6) is 0 Å². The van der Waals surface area contributed by atoms with Gasteiger partial charge in [-0.15, -0.1) is 0 Å². The maximum Gasteiger partial charge on any atom is 0.339 e. The number of carbonyl (C=O) groups excluding carboxylic acids is 2. The van der Waals surface area contributed by atoms with Crippen LogP contribution in [0.1, 0.15) is 28.8 Å². The van der Waals surface area contributed by atoms with E-state index < -0.39 is 21.8 Å². The molecule has 1 heterocycles. The number of amides is 1. The number of para-hydroxylation sites is 1. The van der Waals surface area contributed by atoms with E-state index in [-0.39, 0.29) is 36.2 Å². The predicted molar refractivity (Wildman–Crippen MR) is 110 cm³/mol. The molecule has 1 fully saturated rings. The van der Waals surface area contributed by atoms with Gasteiger partial charge in [0, 0.05) is 19.0 Å². The second-order valence-electron chi connectivity index (χ2n) is 7.08. The highest BCUT2D eigenvalue weighted by atomic mass is 32.2. The molecule has 1 aliphatic heterocycles. The van der Waals surface area contributed by atoms with Gasteiger partial charge in [-0.1, -0.05) is 24.3 Å². The van der Waals surface area contributed by atoms with Gasteiger partial charge in [-0.25, -0.2) is 21.9 Å². The summed E-state index contributed by atoms with van der Waals surface area (Å²) in [7, 11) is -2.29. The summed E-state index contributed by atoms with van der Waals surface area (Å²) in [6.07, 6.45) is 0.740. The number of sulfonamides is 1. The molecule has 0 radical (unpaired) electrons. The first-order chi connectivity index (χ1) is 14.3. The fraction of sp³-hybridized carbons (Fsp3) is 0.333. The van der Waals surface area contributed by atoms with Gasteiger partial charge in [0.1, 0.15) is 5.82 Å². The second kappa shape index (κ2) is 9.36. The van der Waals surface area contributed by atoms with E-state index in [1.807, 2.05) is 0 Å². The molecule has 1 saturated heterocycles. The van der Waals surface area contributed by atoms with Crippen molar-refractivity contribution in [1.29, 1.82) is 0 Å². The van der Waals surface area contributed by atoms with Crippen molar-refractivity contribution in [2.24, 2.45) is 5.92 Å². The Kier molecular flexibility index (Phi) is 6.84. The topological polar surface area (TPSA) is 92.8 Å².